The molecule has 0 saturated heterocycles. The second-order valence-corrected chi connectivity index (χ2v) is 3.11. The molecule has 0 amide bonds. The average molecular weight is 202 g/mol. The first kappa shape index (κ1) is 7.54. The number of aryl methyl sites for hydroxylation is 2. The molecule has 0 atom stereocenters. The topological polar surface area (TPSA) is 22.0 Å². The molecule has 0 unspecified atom stereocenters. The summed E-state index contributed by atoms with van der Waals surface area (Å²) in [6.07, 6.45) is 1.80. The van der Waals surface area contributed by atoms with Crippen LogP contribution < -0.4 is 5.56 Å². The Morgan fingerprint density at radius 1 is 1.60 bits per heavy atom. The Morgan fingerprint density at radius 3 is 2.70 bits per heavy atom. The summed E-state index contributed by atoms with van der Waals surface area (Å²) >= 11 is 3.27. The molecule has 0 bridgehead atoms. The highest BCUT2D eigenvalue weighted by Crippen LogP contribution is 2.10. The first-order valence-corrected chi connectivity index (χ1v) is 3.73. The molecule has 0 fully saturated rings. The minimum atomic E-state index is 0.0116. The summed E-state index contributed by atoms with van der Waals surface area (Å²) in [7, 11) is 1.74. The van der Waals surface area contributed by atoms with Gasteiger partial charge < -0.3 is 4.57 Å². The Labute approximate surface area is 67.6 Å². The van der Waals surface area contributed by atoms with Gasteiger partial charge in [-0.2, -0.15) is 0 Å². The van der Waals surface area contributed by atoms with Crippen molar-refractivity contribution in [3.63, 3.8) is 0 Å². The first-order chi connectivity index (χ1) is 4.61. The van der Waals surface area contributed by atoms with Gasteiger partial charge in [0.25, 0.3) is 5.56 Å². The van der Waals surface area contributed by atoms with Gasteiger partial charge in [-0.1, -0.05) is 15.9 Å². The van der Waals surface area contributed by atoms with Crippen molar-refractivity contribution in [3.05, 3.63) is 32.7 Å². The van der Waals surface area contributed by atoms with Crippen LogP contribution in [0, 0.1) is 6.92 Å². The van der Waals surface area contributed by atoms with E-state index >= 15 is 0 Å². The van der Waals surface area contributed by atoms with Gasteiger partial charge in [0, 0.05) is 23.8 Å². The predicted molar refractivity (Wildman–Crippen MR) is 44.1 cm³/mol. The number of pyridine rings is 1. The largest absolute Gasteiger partial charge is 0.318 e. The van der Waals surface area contributed by atoms with Gasteiger partial charge in [0.05, 0.1) is 0 Å². The molecule has 0 N–H and O–H groups in total. The van der Waals surface area contributed by atoms with Gasteiger partial charge in [-0.15, -0.1) is 0 Å². The molecule has 0 aliphatic heterocycles. The summed E-state index contributed by atoms with van der Waals surface area (Å²) in [5.74, 6) is 0. The van der Waals surface area contributed by atoms with Gasteiger partial charge in [-0.25, -0.2) is 0 Å². The van der Waals surface area contributed by atoms with E-state index in [1.54, 1.807) is 23.9 Å². The molecular formula is C7H8BrNO. The molecular weight excluding hydrogens is 194 g/mol. The third-order valence-electron chi connectivity index (χ3n) is 1.36. The van der Waals surface area contributed by atoms with E-state index in [0.717, 1.165) is 10.0 Å². The molecule has 1 rings (SSSR count). The van der Waals surface area contributed by atoms with E-state index < -0.39 is 0 Å². The average Bonchev–Trinajstić information content (AvgIpc) is 1.84. The Hall–Kier alpha value is -0.570. The lowest BCUT2D eigenvalue weighted by Gasteiger charge is -1.99. The van der Waals surface area contributed by atoms with Crippen LogP contribution in [0.5, 0.6) is 0 Å². The summed E-state index contributed by atoms with van der Waals surface area (Å²) in [5.41, 5.74) is 1.08. The Balaban J connectivity index is 3.43. The number of hydrogen-bond acceptors (Lipinski definition) is 1. The van der Waals surface area contributed by atoms with Crippen LogP contribution >= 0.6 is 15.9 Å². The summed E-state index contributed by atoms with van der Waals surface area (Å²) in [6, 6.07) is 1.56. The summed E-state index contributed by atoms with van der Waals surface area (Å²) < 4.78 is 2.43. The summed E-state index contributed by atoms with van der Waals surface area (Å²) in [5, 5.41) is 0. The van der Waals surface area contributed by atoms with Gasteiger partial charge in [-0.05, 0) is 12.5 Å². The molecule has 1 aromatic rings. The maximum Gasteiger partial charge on any atom is 0.251 e. The van der Waals surface area contributed by atoms with Crippen LogP contribution in [-0.4, -0.2) is 4.57 Å². The zero-order valence-corrected chi connectivity index (χ0v) is 7.47. The number of rotatable bonds is 0. The van der Waals surface area contributed by atoms with Gasteiger partial charge in [0.1, 0.15) is 0 Å². The molecule has 54 valence electrons. The number of hydrogen-bond donors (Lipinski definition) is 0. The molecule has 2 nitrogen and oxygen atoms in total. The molecule has 0 spiro atoms. The van der Waals surface area contributed by atoms with Crippen molar-refractivity contribution in [2.24, 2.45) is 7.05 Å². The van der Waals surface area contributed by atoms with Crippen LogP contribution in [0.1, 0.15) is 5.56 Å². The lowest BCUT2D eigenvalue weighted by Crippen LogP contribution is -2.14. The first-order valence-electron chi connectivity index (χ1n) is 2.94. The van der Waals surface area contributed by atoms with E-state index in [1.165, 1.54) is 0 Å². The SMILES string of the molecule is Cc1cn(C)c(=O)cc1Br. The monoisotopic (exact) mass is 201 g/mol. The maximum absolute atomic E-state index is 10.9. The van der Waals surface area contributed by atoms with Crippen molar-refractivity contribution in [3.8, 4) is 0 Å². The quantitative estimate of drug-likeness (QED) is 0.624. The fraction of sp³-hybridized carbons (Fsp3) is 0.286. The molecule has 0 aliphatic carbocycles. The molecule has 1 aromatic heterocycles. The van der Waals surface area contributed by atoms with Crippen LogP contribution in [-0.2, 0) is 7.05 Å². The van der Waals surface area contributed by atoms with E-state index in [-0.39, 0.29) is 5.56 Å². The normalized spacial score (nSPS) is 9.90. The van der Waals surface area contributed by atoms with E-state index in [0.29, 0.717) is 0 Å². The molecule has 0 aliphatic rings. The fourth-order valence-electron chi connectivity index (χ4n) is 0.740. The summed E-state index contributed by atoms with van der Waals surface area (Å²) in [4.78, 5) is 10.9. The van der Waals surface area contributed by atoms with Crippen LogP contribution in [0.2, 0.25) is 0 Å². The molecule has 10 heavy (non-hydrogen) atoms. The van der Waals surface area contributed by atoms with E-state index in [2.05, 4.69) is 15.9 Å². The predicted octanol–water partition coefficient (Wildman–Crippen LogP) is 1.46. The van der Waals surface area contributed by atoms with Crippen molar-refractivity contribution in [2.45, 2.75) is 6.92 Å². The minimum Gasteiger partial charge on any atom is -0.318 e. The van der Waals surface area contributed by atoms with Crippen molar-refractivity contribution in [1.29, 1.82) is 0 Å². The number of halogens is 1. The molecule has 0 saturated carbocycles. The zero-order chi connectivity index (χ0) is 7.72. The lowest BCUT2D eigenvalue weighted by atomic mass is 10.3. The van der Waals surface area contributed by atoms with Gasteiger partial charge in [0.15, 0.2) is 0 Å². The number of nitrogens with zero attached hydrogens (tertiary/aromatic N) is 1. The highest BCUT2D eigenvalue weighted by Gasteiger charge is 1.95. The van der Waals surface area contributed by atoms with Crippen molar-refractivity contribution in [2.75, 3.05) is 0 Å². The smallest absolute Gasteiger partial charge is 0.251 e. The highest BCUT2D eigenvalue weighted by molar-refractivity contribution is 9.10. The maximum atomic E-state index is 10.9. The minimum absolute atomic E-state index is 0.0116. The van der Waals surface area contributed by atoms with Crippen LogP contribution in [0.4, 0.5) is 0 Å². The van der Waals surface area contributed by atoms with Crippen molar-refractivity contribution < 1.29 is 0 Å². The molecule has 0 aromatic carbocycles. The van der Waals surface area contributed by atoms with E-state index in [4.69, 9.17) is 0 Å². The van der Waals surface area contributed by atoms with Crippen molar-refractivity contribution in [1.82, 2.24) is 4.57 Å². The summed E-state index contributed by atoms with van der Waals surface area (Å²) in [6.45, 7) is 1.95. The van der Waals surface area contributed by atoms with E-state index in [9.17, 15) is 4.79 Å². The second-order valence-electron chi connectivity index (χ2n) is 2.25. The highest BCUT2D eigenvalue weighted by atomic mass is 79.9. The number of aromatic nitrogens is 1. The molecule has 3 heteroatoms. The third-order valence-corrected chi connectivity index (χ3v) is 2.22. The Bertz CT molecular complexity index is 303. The standard InChI is InChI=1S/C7H8BrNO/c1-5-4-9(2)7(10)3-6(5)8/h3-4H,1-2H3. The van der Waals surface area contributed by atoms with Crippen molar-refractivity contribution >= 4 is 15.9 Å². The van der Waals surface area contributed by atoms with Gasteiger partial charge >= 0.3 is 0 Å². The third kappa shape index (κ3) is 1.29. The fourth-order valence-corrected chi connectivity index (χ4v) is 1.04. The van der Waals surface area contributed by atoms with Crippen LogP contribution in [0.15, 0.2) is 21.5 Å². The zero-order valence-electron chi connectivity index (χ0n) is 5.89. The van der Waals surface area contributed by atoms with Crippen LogP contribution in [0.25, 0.3) is 0 Å². The van der Waals surface area contributed by atoms with Crippen LogP contribution in [0.3, 0.4) is 0 Å². The second kappa shape index (κ2) is 2.58. The lowest BCUT2D eigenvalue weighted by molar-refractivity contribution is 0.849. The van der Waals surface area contributed by atoms with E-state index in [1.807, 2.05) is 6.92 Å². The molecule has 1 heterocycles. The van der Waals surface area contributed by atoms with Gasteiger partial charge in [0.2, 0.25) is 0 Å². The van der Waals surface area contributed by atoms with Gasteiger partial charge in [-0.3, -0.25) is 4.79 Å². The molecule has 0 radical (unpaired) electrons. The Morgan fingerprint density at radius 2 is 2.20 bits per heavy atom. The Kier molecular flexibility index (Phi) is 1.94.